The number of thioether (sulfide) groups is 1. The number of hydrogen-bond donors (Lipinski definition) is 2. The number of nitrogens with one attached hydrogen (secondary N) is 2. The predicted molar refractivity (Wildman–Crippen MR) is 114 cm³/mol. The largest absolute Gasteiger partial charge is 0.356 e. The highest BCUT2D eigenvalue weighted by atomic mass is 35.5. The summed E-state index contributed by atoms with van der Waals surface area (Å²) >= 11 is 7.44. The van der Waals surface area contributed by atoms with Crippen molar-refractivity contribution in [2.45, 2.75) is 56.4 Å². The van der Waals surface area contributed by atoms with Crippen LogP contribution in [0.2, 0.25) is 5.02 Å². The molecule has 1 aromatic heterocycles. The van der Waals surface area contributed by atoms with Crippen molar-refractivity contribution in [1.29, 1.82) is 0 Å². The molecule has 1 fully saturated rings. The molecule has 150 valence electrons. The Hall–Kier alpha value is -1.79. The standard InChI is InChI=1S/C21H26ClN3O2S/c1-14-18(11-19(26)23-12-15-6-3-2-4-7-15)20(27)25-21(24-14)28-13-16-8-5-9-17(22)10-16/h5,8-10,15H,2-4,6-7,11-13H2,1H3,(H,23,26)(H,24,25,27). The van der Waals surface area contributed by atoms with Gasteiger partial charge in [0.25, 0.3) is 5.56 Å². The summed E-state index contributed by atoms with van der Waals surface area (Å²) in [6.45, 7) is 2.49. The van der Waals surface area contributed by atoms with E-state index in [-0.39, 0.29) is 17.9 Å². The first kappa shape index (κ1) is 20.9. The molecule has 1 heterocycles. The van der Waals surface area contributed by atoms with E-state index in [4.69, 9.17) is 11.6 Å². The molecule has 7 heteroatoms. The summed E-state index contributed by atoms with van der Waals surface area (Å²) in [7, 11) is 0. The van der Waals surface area contributed by atoms with Crippen molar-refractivity contribution < 1.29 is 4.79 Å². The van der Waals surface area contributed by atoms with Gasteiger partial charge in [0.2, 0.25) is 5.91 Å². The first-order valence-corrected chi connectivity index (χ1v) is 11.1. The molecule has 3 rings (SSSR count). The van der Waals surface area contributed by atoms with Crippen LogP contribution in [0, 0.1) is 12.8 Å². The topological polar surface area (TPSA) is 74.8 Å². The molecule has 0 saturated heterocycles. The third-order valence-electron chi connectivity index (χ3n) is 5.12. The van der Waals surface area contributed by atoms with Crippen LogP contribution in [-0.4, -0.2) is 22.4 Å². The summed E-state index contributed by atoms with van der Waals surface area (Å²) in [5.41, 5.74) is 1.86. The van der Waals surface area contributed by atoms with E-state index < -0.39 is 0 Å². The maximum Gasteiger partial charge on any atom is 0.255 e. The SMILES string of the molecule is Cc1nc(SCc2cccc(Cl)c2)[nH]c(=O)c1CC(=O)NCC1CCCCC1. The van der Waals surface area contributed by atoms with Gasteiger partial charge in [-0.15, -0.1) is 0 Å². The monoisotopic (exact) mass is 419 g/mol. The van der Waals surface area contributed by atoms with E-state index in [9.17, 15) is 9.59 Å². The third-order valence-corrected chi connectivity index (χ3v) is 6.29. The number of carbonyl (C=O) groups excluding carboxylic acids is 1. The summed E-state index contributed by atoms with van der Waals surface area (Å²) in [6, 6.07) is 7.60. The molecule has 1 aliphatic carbocycles. The second-order valence-corrected chi connectivity index (χ2v) is 8.74. The third kappa shape index (κ3) is 6.11. The molecular weight excluding hydrogens is 394 g/mol. The number of aromatic amines is 1. The van der Waals surface area contributed by atoms with Crippen LogP contribution >= 0.6 is 23.4 Å². The molecule has 0 aliphatic heterocycles. The fourth-order valence-electron chi connectivity index (χ4n) is 3.51. The zero-order chi connectivity index (χ0) is 19.9. The second kappa shape index (κ2) is 10.1. The number of aryl methyl sites for hydroxylation is 1. The van der Waals surface area contributed by atoms with Crippen LogP contribution in [0.15, 0.2) is 34.2 Å². The van der Waals surface area contributed by atoms with E-state index >= 15 is 0 Å². The Kier molecular flexibility index (Phi) is 7.57. The van der Waals surface area contributed by atoms with Gasteiger partial charge < -0.3 is 10.3 Å². The first-order chi connectivity index (χ1) is 13.5. The highest BCUT2D eigenvalue weighted by molar-refractivity contribution is 7.98. The Bertz CT molecular complexity index is 878. The molecule has 1 saturated carbocycles. The Labute approximate surface area is 174 Å². The minimum atomic E-state index is -0.242. The number of H-pyrrole nitrogens is 1. The lowest BCUT2D eigenvalue weighted by Gasteiger charge is -2.21. The molecule has 2 aromatic rings. The van der Waals surface area contributed by atoms with E-state index in [0.29, 0.717) is 39.7 Å². The Morgan fingerprint density at radius 2 is 2.11 bits per heavy atom. The zero-order valence-electron chi connectivity index (χ0n) is 16.1. The molecule has 0 unspecified atom stereocenters. The van der Waals surface area contributed by atoms with Crippen LogP contribution in [0.3, 0.4) is 0 Å². The van der Waals surface area contributed by atoms with Gasteiger partial charge in [0.1, 0.15) is 0 Å². The number of nitrogens with zero attached hydrogens (tertiary/aromatic N) is 1. The minimum Gasteiger partial charge on any atom is -0.356 e. The van der Waals surface area contributed by atoms with E-state index in [0.717, 1.165) is 5.56 Å². The van der Waals surface area contributed by atoms with Gasteiger partial charge in [-0.3, -0.25) is 9.59 Å². The van der Waals surface area contributed by atoms with Crippen molar-refractivity contribution in [3.8, 4) is 0 Å². The molecule has 2 N–H and O–H groups in total. The van der Waals surface area contributed by atoms with Crippen LogP contribution in [-0.2, 0) is 17.0 Å². The van der Waals surface area contributed by atoms with Crippen LogP contribution in [0.25, 0.3) is 0 Å². The summed E-state index contributed by atoms with van der Waals surface area (Å²) in [4.78, 5) is 32.0. The van der Waals surface area contributed by atoms with Crippen LogP contribution < -0.4 is 10.9 Å². The quantitative estimate of drug-likeness (QED) is 0.519. The summed E-state index contributed by atoms with van der Waals surface area (Å²) in [6.07, 6.45) is 6.22. The van der Waals surface area contributed by atoms with Gasteiger partial charge in [0.15, 0.2) is 5.16 Å². The van der Waals surface area contributed by atoms with Crippen molar-refractivity contribution >= 4 is 29.3 Å². The van der Waals surface area contributed by atoms with Crippen LogP contribution in [0.5, 0.6) is 0 Å². The molecule has 0 spiro atoms. The highest BCUT2D eigenvalue weighted by Crippen LogP contribution is 2.23. The number of hydrogen-bond acceptors (Lipinski definition) is 4. The van der Waals surface area contributed by atoms with Crippen LogP contribution in [0.4, 0.5) is 0 Å². The Balaban J connectivity index is 1.56. The lowest BCUT2D eigenvalue weighted by molar-refractivity contribution is -0.120. The van der Waals surface area contributed by atoms with Crippen molar-refractivity contribution in [3.05, 3.63) is 56.5 Å². The minimum absolute atomic E-state index is 0.0696. The summed E-state index contributed by atoms with van der Waals surface area (Å²) in [5, 5.41) is 4.22. The van der Waals surface area contributed by atoms with E-state index in [1.807, 2.05) is 24.3 Å². The summed E-state index contributed by atoms with van der Waals surface area (Å²) < 4.78 is 0. The Morgan fingerprint density at radius 3 is 2.82 bits per heavy atom. The van der Waals surface area contributed by atoms with Crippen LogP contribution in [0.1, 0.15) is 48.9 Å². The fraction of sp³-hybridized carbons (Fsp3) is 0.476. The van der Waals surface area contributed by atoms with Gasteiger partial charge in [-0.05, 0) is 43.4 Å². The molecular formula is C21H26ClN3O2S. The number of aromatic nitrogens is 2. The van der Waals surface area contributed by atoms with Gasteiger partial charge in [-0.25, -0.2) is 4.98 Å². The Morgan fingerprint density at radius 1 is 1.32 bits per heavy atom. The molecule has 28 heavy (non-hydrogen) atoms. The first-order valence-electron chi connectivity index (χ1n) is 9.75. The average Bonchev–Trinajstić information content (AvgIpc) is 2.68. The molecule has 1 aromatic carbocycles. The van der Waals surface area contributed by atoms with E-state index in [2.05, 4.69) is 15.3 Å². The van der Waals surface area contributed by atoms with Gasteiger partial charge in [-0.1, -0.05) is 54.8 Å². The lowest BCUT2D eigenvalue weighted by atomic mass is 9.89. The molecule has 0 radical (unpaired) electrons. The smallest absolute Gasteiger partial charge is 0.255 e. The highest BCUT2D eigenvalue weighted by Gasteiger charge is 2.16. The second-order valence-electron chi connectivity index (χ2n) is 7.34. The fourth-order valence-corrected chi connectivity index (χ4v) is 4.57. The van der Waals surface area contributed by atoms with Crippen molar-refractivity contribution in [2.24, 2.45) is 5.92 Å². The van der Waals surface area contributed by atoms with Gasteiger partial charge in [0.05, 0.1) is 6.42 Å². The normalized spacial score (nSPS) is 14.8. The number of halogens is 1. The number of carbonyl (C=O) groups is 1. The molecule has 1 aliphatic rings. The van der Waals surface area contributed by atoms with Crippen molar-refractivity contribution in [2.75, 3.05) is 6.54 Å². The average molecular weight is 420 g/mol. The van der Waals surface area contributed by atoms with Crippen molar-refractivity contribution in [1.82, 2.24) is 15.3 Å². The van der Waals surface area contributed by atoms with E-state index in [1.54, 1.807) is 6.92 Å². The molecule has 1 amide bonds. The molecule has 0 atom stereocenters. The molecule has 5 nitrogen and oxygen atoms in total. The van der Waals surface area contributed by atoms with Gasteiger partial charge in [-0.2, -0.15) is 0 Å². The number of amides is 1. The van der Waals surface area contributed by atoms with E-state index in [1.165, 1.54) is 43.9 Å². The predicted octanol–water partition coefficient (Wildman–Crippen LogP) is 4.26. The maximum atomic E-state index is 12.5. The van der Waals surface area contributed by atoms with Gasteiger partial charge in [0, 0.05) is 28.6 Å². The van der Waals surface area contributed by atoms with Crippen molar-refractivity contribution in [3.63, 3.8) is 0 Å². The maximum absolute atomic E-state index is 12.5. The number of benzene rings is 1. The zero-order valence-corrected chi connectivity index (χ0v) is 17.7. The van der Waals surface area contributed by atoms with Gasteiger partial charge >= 0.3 is 0 Å². The lowest BCUT2D eigenvalue weighted by Crippen LogP contribution is -2.33. The summed E-state index contributed by atoms with van der Waals surface area (Å²) in [5.74, 6) is 1.12. The molecule has 0 bridgehead atoms. The number of rotatable bonds is 7.